The summed E-state index contributed by atoms with van der Waals surface area (Å²) in [6, 6.07) is 13.7. The Balaban J connectivity index is 1.84. The smallest absolute Gasteiger partial charge is 0.275 e. The van der Waals surface area contributed by atoms with Crippen molar-refractivity contribution < 1.29 is 4.74 Å². The highest BCUT2D eigenvalue weighted by Crippen LogP contribution is 2.41. The van der Waals surface area contributed by atoms with Crippen LogP contribution in [0.25, 0.3) is 11.4 Å². The van der Waals surface area contributed by atoms with E-state index in [1.807, 2.05) is 12.1 Å². The van der Waals surface area contributed by atoms with Crippen LogP contribution in [0.15, 0.2) is 70.8 Å². The summed E-state index contributed by atoms with van der Waals surface area (Å²) in [5.74, 6) is -0.281. The molecule has 5 rings (SSSR count). The first-order chi connectivity index (χ1) is 20.4. The van der Waals surface area contributed by atoms with E-state index in [0.29, 0.717) is 65.3 Å². The van der Waals surface area contributed by atoms with Crippen molar-refractivity contribution in [2.75, 3.05) is 6.61 Å². The number of aromatic amines is 2. The second kappa shape index (κ2) is 13.1. The average molecular weight is 882 g/mol. The van der Waals surface area contributed by atoms with Gasteiger partial charge in [-0.25, -0.2) is 9.36 Å². The number of benzene rings is 3. The molecule has 2 heterocycles. The van der Waals surface area contributed by atoms with Gasteiger partial charge in [0.2, 0.25) is 0 Å². The van der Waals surface area contributed by atoms with Crippen LogP contribution in [0.1, 0.15) is 34.0 Å². The van der Waals surface area contributed by atoms with Gasteiger partial charge in [0.1, 0.15) is 12.4 Å². The van der Waals surface area contributed by atoms with Gasteiger partial charge in [0.25, 0.3) is 11.1 Å². The molecule has 0 saturated heterocycles. The molecule has 2 N–H and O–H groups in total. The number of ether oxygens (including phenoxy) is 1. The first-order valence-electron chi connectivity index (χ1n) is 12.7. The van der Waals surface area contributed by atoms with Crippen molar-refractivity contribution >= 4 is 91.6 Å². The third-order valence-electron chi connectivity index (χ3n) is 6.83. The van der Waals surface area contributed by atoms with E-state index in [1.165, 1.54) is 9.36 Å². The average Bonchev–Trinajstić information content (AvgIpc) is 3.41. The maximum atomic E-state index is 14.3. The van der Waals surface area contributed by atoms with Crippen molar-refractivity contribution in [1.29, 1.82) is 0 Å². The summed E-state index contributed by atoms with van der Waals surface area (Å²) < 4.78 is 10.7. The lowest BCUT2D eigenvalue weighted by atomic mass is 9.84. The molecule has 43 heavy (non-hydrogen) atoms. The molecule has 0 unspecified atom stereocenters. The number of H-pyrrole nitrogens is 2. The Hall–Kier alpha value is -2.16. The molecule has 3 aromatic carbocycles. The Bertz CT molecular complexity index is 1900. The minimum absolute atomic E-state index is 0.232. The van der Waals surface area contributed by atoms with Crippen molar-refractivity contribution in [2.24, 2.45) is 0 Å². The second-order valence-corrected chi connectivity index (χ2v) is 13.7. The Kier molecular flexibility index (Phi) is 9.79. The topological polar surface area (TPSA) is 84.8 Å². The molecule has 222 valence electrons. The quantitative estimate of drug-likeness (QED) is 0.121. The van der Waals surface area contributed by atoms with Crippen molar-refractivity contribution in [2.45, 2.75) is 19.8 Å². The van der Waals surface area contributed by atoms with Crippen LogP contribution in [0.4, 0.5) is 0 Å². The minimum atomic E-state index is -0.830. The van der Waals surface area contributed by atoms with Gasteiger partial charge in [-0.05, 0) is 108 Å². The molecule has 0 radical (unpaired) electrons. The molecular formula is C30H22Cl4I2N4O3. The largest absolute Gasteiger partial charge is 0.488 e. The Morgan fingerprint density at radius 2 is 1.30 bits per heavy atom. The number of hydrogen-bond donors (Lipinski definition) is 2. The van der Waals surface area contributed by atoms with Gasteiger partial charge in [-0.1, -0.05) is 59.1 Å². The molecule has 0 aliphatic carbocycles. The van der Waals surface area contributed by atoms with Crippen LogP contribution in [0, 0.1) is 21.0 Å². The Morgan fingerprint density at radius 1 is 0.814 bits per heavy atom. The van der Waals surface area contributed by atoms with Gasteiger partial charge < -0.3 is 4.74 Å². The van der Waals surface area contributed by atoms with Gasteiger partial charge >= 0.3 is 0 Å². The summed E-state index contributed by atoms with van der Waals surface area (Å²) in [5, 5.41) is 7.67. The monoisotopic (exact) mass is 880 g/mol. The maximum Gasteiger partial charge on any atom is 0.275 e. The lowest BCUT2D eigenvalue weighted by molar-refractivity contribution is 0.356. The molecule has 0 fully saturated rings. The Morgan fingerprint density at radius 3 is 1.74 bits per heavy atom. The summed E-state index contributed by atoms with van der Waals surface area (Å²) in [6.45, 7) is 7.60. The van der Waals surface area contributed by atoms with Gasteiger partial charge in [0.05, 0.1) is 52.1 Å². The molecule has 0 atom stereocenters. The molecule has 13 heteroatoms. The van der Waals surface area contributed by atoms with E-state index < -0.39 is 5.92 Å². The predicted octanol–water partition coefficient (Wildman–Crippen LogP) is 8.83. The number of rotatable bonds is 8. The summed E-state index contributed by atoms with van der Waals surface area (Å²) in [7, 11) is 0. The number of nitrogens with one attached hydrogen (secondary N) is 2. The first kappa shape index (κ1) is 32.2. The van der Waals surface area contributed by atoms with Gasteiger partial charge in [0.15, 0.2) is 0 Å². The van der Waals surface area contributed by atoms with Gasteiger partial charge in [-0.15, -0.1) is 0 Å². The molecule has 0 aliphatic heterocycles. The van der Waals surface area contributed by atoms with Crippen LogP contribution >= 0.6 is 91.6 Å². The molecule has 0 bridgehead atoms. The fraction of sp³-hybridized carbons (Fsp3) is 0.133. The molecule has 0 aliphatic rings. The molecule has 0 spiro atoms. The normalized spacial score (nSPS) is 11.4. The standard InChI is InChI=1S/C30H22Cl4I2N4O3/c1-4-9-43-28-19(10-16(35)11-24(28)36)27(25-14(2)37-39(29(25)41)17-5-7-20(31)22(33)12-17)26-15(3)38-40(30(26)42)18-6-8-21(32)23(34)13-18/h4-8,10-13,27,37-38H,1,9H2,2-3H3. The first-order valence-corrected chi connectivity index (χ1v) is 16.4. The maximum absolute atomic E-state index is 14.3. The number of halogens is 6. The van der Waals surface area contributed by atoms with Gasteiger partial charge in [0, 0.05) is 20.5 Å². The van der Waals surface area contributed by atoms with Crippen LogP contribution in [0.5, 0.6) is 5.75 Å². The van der Waals surface area contributed by atoms with Crippen LogP contribution in [-0.2, 0) is 0 Å². The Labute approximate surface area is 294 Å². The third-order valence-corrected chi connectivity index (χ3v) is 9.73. The molecule has 0 amide bonds. The highest BCUT2D eigenvalue weighted by molar-refractivity contribution is 14.1. The molecule has 7 nitrogen and oxygen atoms in total. The van der Waals surface area contributed by atoms with Gasteiger partial charge in [-0.2, -0.15) is 0 Å². The van der Waals surface area contributed by atoms with Crippen LogP contribution in [0.3, 0.4) is 0 Å². The van der Waals surface area contributed by atoms with E-state index in [4.69, 9.17) is 51.1 Å². The second-order valence-electron chi connectivity index (χ2n) is 9.62. The summed E-state index contributed by atoms with van der Waals surface area (Å²) in [4.78, 5) is 28.6. The van der Waals surface area contributed by atoms with E-state index in [2.05, 4.69) is 62.0 Å². The third kappa shape index (κ3) is 6.21. The minimum Gasteiger partial charge on any atom is -0.488 e. The predicted molar refractivity (Wildman–Crippen MR) is 191 cm³/mol. The van der Waals surface area contributed by atoms with Gasteiger partial charge in [-0.3, -0.25) is 19.8 Å². The zero-order valence-electron chi connectivity index (χ0n) is 22.6. The molecular weight excluding hydrogens is 860 g/mol. The number of aryl methyl sites for hydroxylation is 2. The van der Waals surface area contributed by atoms with Crippen LogP contribution in [0.2, 0.25) is 20.1 Å². The molecule has 5 aromatic rings. The van der Waals surface area contributed by atoms with Crippen molar-refractivity contribution in [3.05, 3.63) is 137 Å². The number of nitrogens with zero attached hydrogens (tertiary/aromatic N) is 2. The fourth-order valence-corrected chi connectivity index (χ4v) is 7.59. The highest BCUT2D eigenvalue weighted by atomic mass is 127. The van der Waals surface area contributed by atoms with Crippen molar-refractivity contribution in [1.82, 2.24) is 19.6 Å². The van der Waals surface area contributed by atoms with E-state index in [0.717, 1.165) is 7.14 Å². The summed E-state index contributed by atoms with van der Waals surface area (Å²) in [6.07, 6.45) is 1.64. The van der Waals surface area contributed by atoms with Crippen LogP contribution < -0.4 is 15.9 Å². The van der Waals surface area contributed by atoms with E-state index in [9.17, 15) is 9.59 Å². The zero-order valence-corrected chi connectivity index (χ0v) is 29.9. The van der Waals surface area contributed by atoms with Crippen molar-refractivity contribution in [3.8, 4) is 17.1 Å². The SMILES string of the molecule is C=CCOc1c(I)cc(I)cc1C(c1c(C)[nH]n(-c2ccc(Cl)c(Cl)c2)c1=O)c1c(C)[nH]n(-c2ccc(Cl)c(Cl)c2)c1=O. The summed E-state index contributed by atoms with van der Waals surface area (Å²) in [5.41, 5.74) is 2.78. The van der Waals surface area contributed by atoms with Crippen LogP contribution in [-0.4, -0.2) is 26.2 Å². The van der Waals surface area contributed by atoms with E-state index in [-0.39, 0.29) is 17.7 Å². The number of hydrogen-bond acceptors (Lipinski definition) is 3. The van der Waals surface area contributed by atoms with Crippen molar-refractivity contribution in [3.63, 3.8) is 0 Å². The fourth-order valence-electron chi connectivity index (χ4n) is 4.96. The molecule has 2 aromatic heterocycles. The number of aromatic nitrogens is 4. The lowest BCUT2D eigenvalue weighted by Crippen LogP contribution is -2.26. The summed E-state index contributed by atoms with van der Waals surface area (Å²) >= 11 is 29.3. The lowest BCUT2D eigenvalue weighted by Gasteiger charge is -2.21. The van der Waals surface area contributed by atoms with E-state index in [1.54, 1.807) is 56.3 Å². The highest BCUT2D eigenvalue weighted by Gasteiger charge is 2.34. The molecule has 0 saturated carbocycles. The van der Waals surface area contributed by atoms with E-state index >= 15 is 0 Å². The zero-order chi connectivity index (χ0) is 31.2.